The van der Waals surface area contributed by atoms with Crippen molar-refractivity contribution in [3.63, 3.8) is 0 Å². The first kappa shape index (κ1) is 28.8. The molecule has 18 heteroatoms. The minimum absolute atomic E-state index is 0.00729. The van der Waals surface area contributed by atoms with Gasteiger partial charge in [0.15, 0.2) is 11.6 Å². The van der Waals surface area contributed by atoms with Crippen molar-refractivity contribution in [1.29, 1.82) is 0 Å². The molecule has 216 valence electrons. The Balaban J connectivity index is 1.41. The van der Waals surface area contributed by atoms with Crippen LogP contribution in [0.5, 0.6) is 5.75 Å². The molecular formula is C22H21F7N8O3. The number of rotatable bonds is 7. The number of hydrogen-bond donors (Lipinski definition) is 3. The molecule has 0 saturated carbocycles. The lowest BCUT2D eigenvalue weighted by Crippen LogP contribution is -2.54. The Hall–Kier alpha value is -4.22. The Morgan fingerprint density at radius 1 is 1.12 bits per heavy atom. The van der Waals surface area contributed by atoms with Gasteiger partial charge in [-0.25, -0.2) is 20.1 Å². The van der Waals surface area contributed by atoms with Crippen LogP contribution in [0.25, 0.3) is 0 Å². The summed E-state index contributed by atoms with van der Waals surface area (Å²) >= 11 is 0. The summed E-state index contributed by atoms with van der Waals surface area (Å²) < 4.78 is 98.7. The zero-order chi connectivity index (χ0) is 29.2. The van der Waals surface area contributed by atoms with Gasteiger partial charge in [0, 0.05) is 37.7 Å². The van der Waals surface area contributed by atoms with Gasteiger partial charge in [-0.1, -0.05) is 0 Å². The summed E-state index contributed by atoms with van der Waals surface area (Å²) in [6, 6.07) is 0.346. The first-order valence-corrected chi connectivity index (χ1v) is 11.5. The number of aliphatic hydroxyl groups is 1. The van der Waals surface area contributed by atoms with Crippen LogP contribution in [0.4, 0.5) is 48.2 Å². The van der Waals surface area contributed by atoms with Gasteiger partial charge < -0.3 is 25.0 Å². The molecule has 1 fully saturated rings. The fraction of sp³-hybridized carbons (Fsp3) is 0.409. The first-order chi connectivity index (χ1) is 18.8. The lowest BCUT2D eigenvalue weighted by Gasteiger charge is -2.39. The summed E-state index contributed by atoms with van der Waals surface area (Å²) in [5.41, 5.74) is -4.51. The van der Waals surface area contributed by atoms with Gasteiger partial charge in [-0.2, -0.15) is 35.8 Å². The summed E-state index contributed by atoms with van der Waals surface area (Å²) in [6.45, 7) is 1.04. The van der Waals surface area contributed by atoms with Gasteiger partial charge in [-0.3, -0.25) is 4.79 Å². The molecule has 3 aromatic heterocycles. The maximum atomic E-state index is 15.2. The van der Waals surface area contributed by atoms with Crippen LogP contribution in [0.3, 0.4) is 0 Å². The number of alkyl halides is 6. The Labute approximate surface area is 220 Å². The molecule has 3 N–H and O–H groups in total. The van der Waals surface area contributed by atoms with E-state index in [9.17, 15) is 36.2 Å². The van der Waals surface area contributed by atoms with Gasteiger partial charge in [-0.15, -0.1) is 0 Å². The number of nitrogens with zero attached hydrogens (tertiary/aromatic N) is 6. The number of aliphatic hydroxyl groups excluding tert-OH is 1. The average molecular weight is 578 g/mol. The highest BCUT2D eigenvalue weighted by Gasteiger charge is 2.38. The number of hydrogen-bond acceptors (Lipinski definition) is 10. The summed E-state index contributed by atoms with van der Waals surface area (Å²) in [4.78, 5) is 25.6. The maximum Gasteiger partial charge on any atom is 0.423 e. The van der Waals surface area contributed by atoms with Gasteiger partial charge in [0.25, 0.3) is 5.56 Å². The first-order valence-electron chi connectivity index (χ1n) is 11.5. The molecule has 40 heavy (non-hydrogen) atoms. The quantitative estimate of drug-likeness (QED) is 0.360. The topological polar surface area (TPSA) is 132 Å². The summed E-state index contributed by atoms with van der Waals surface area (Å²) in [7, 11) is 0. The highest BCUT2D eigenvalue weighted by molar-refractivity contribution is 5.51. The number of piperazine rings is 1. The number of β-amino-alcohol motifs (C(OH)–C–C–N with tert-alkyl or cyclic N) is 1. The predicted molar refractivity (Wildman–Crippen MR) is 125 cm³/mol. The zero-order valence-corrected chi connectivity index (χ0v) is 20.5. The summed E-state index contributed by atoms with van der Waals surface area (Å²) in [6.07, 6.45) is -7.67. The van der Waals surface area contributed by atoms with Crippen LogP contribution in [0.15, 0.2) is 35.6 Å². The van der Waals surface area contributed by atoms with E-state index in [2.05, 4.69) is 25.4 Å². The third-order valence-electron chi connectivity index (χ3n) is 5.74. The van der Waals surface area contributed by atoms with Crippen molar-refractivity contribution in [1.82, 2.24) is 25.1 Å². The van der Waals surface area contributed by atoms with Gasteiger partial charge in [0.05, 0.1) is 30.0 Å². The van der Waals surface area contributed by atoms with Crippen molar-refractivity contribution in [3.8, 4) is 5.75 Å². The van der Waals surface area contributed by atoms with Crippen LogP contribution in [0, 0.1) is 5.82 Å². The van der Waals surface area contributed by atoms with Crippen molar-refractivity contribution in [2.24, 2.45) is 0 Å². The van der Waals surface area contributed by atoms with Gasteiger partial charge in [0.1, 0.15) is 18.4 Å². The van der Waals surface area contributed by atoms with E-state index in [4.69, 9.17) is 4.74 Å². The summed E-state index contributed by atoms with van der Waals surface area (Å²) in [5, 5.41) is 18.2. The minimum Gasteiger partial charge on any atom is -0.488 e. The van der Waals surface area contributed by atoms with Gasteiger partial charge in [-0.05, 0) is 6.92 Å². The smallest absolute Gasteiger partial charge is 0.423 e. The van der Waals surface area contributed by atoms with Crippen LogP contribution in [0.1, 0.15) is 18.1 Å². The van der Waals surface area contributed by atoms with E-state index in [0.717, 1.165) is 6.20 Å². The third-order valence-corrected chi connectivity index (χ3v) is 5.74. The lowest BCUT2D eigenvalue weighted by molar-refractivity contribution is -0.139. The van der Waals surface area contributed by atoms with Crippen LogP contribution in [-0.2, 0) is 12.4 Å². The second-order valence-corrected chi connectivity index (χ2v) is 8.68. The molecule has 0 bridgehead atoms. The highest BCUT2D eigenvalue weighted by Crippen LogP contribution is 2.32. The second-order valence-electron chi connectivity index (χ2n) is 8.68. The Kier molecular flexibility index (Phi) is 7.99. The molecular weight excluding hydrogens is 557 g/mol. The molecule has 0 amide bonds. The largest absolute Gasteiger partial charge is 0.488 e. The van der Waals surface area contributed by atoms with Crippen LogP contribution < -0.4 is 25.4 Å². The van der Waals surface area contributed by atoms with Crippen LogP contribution in [0.2, 0.25) is 0 Å². The van der Waals surface area contributed by atoms with E-state index in [-0.39, 0.29) is 43.8 Å². The number of halogens is 7. The van der Waals surface area contributed by atoms with E-state index >= 15 is 4.39 Å². The molecule has 4 rings (SSSR count). The Morgan fingerprint density at radius 2 is 1.82 bits per heavy atom. The van der Waals surface area contributed by atoms with Crippen molar-refractivity contribution in [2.45, 2.75) is 31.5 Å². The Bertz CT molecular complexity index is 1380. The molecule has 11 nitrogen and oxygen atoms in total. The molecule has 0 unspecified atom stereocenters. The monoisotopic (exact) mass is 578 g/mol. The van der Waals surface area contributed by atoms with E-state index in [0.29, 0.717) is 12.4 Å². The molecule has 2 atom stereocenters. The van der Waals surface area contributed by atoms with Crippen molar-refractivity contribution < 1.29 is 40.6 Å². The second kappa shape index (κ2) is 11.1. The molecule has 1 aliphatic rings. The van der Waals surface area contributed by atoms with Crippen molar-refractivity contribution in [2.75, 3.05) is 41.4 Å². The molecule has 0 radical (unpaired) electrons. The van der Waals surface area contributed by atoms with Crippen molar-refractivity contribution >= 4 is 17.5 Å². The van der Waals surface area contributed by atoms with Gasteiger partial charge in [0.2, 0.25) is 11.8 Å². The van der Waals surface area contributed by atoms with Crippen LogP contribution in [-0.4, -0.2) is 68.8 Å². The van der Waals surface area contributed by atoms with E-state index in [1.54, 1.807) is 5.10 Å². The number of anilines is 3. The molecule has 0 aromatic carbocycles. The SMILES string of the molecule is C[C@@H](COc1ccnc(N2CCN(c3ncc(C(F)(F)F)cn3)C[C@@H]2O)c1F)Nc1cn[nH]c(=O)c1C(F)(F)F. The van der Waals surface area contributed by atoms with Crippen molar-refractivity contribution in [3.05, 3.63) is 58.2 Å². The van der Waals surface area contributed by atoms with Gasteiger partial charge >= 0.3 is 12.4 Å². The fourth-order valence-electron chi connectivity index (χ4n) is 3.86. The molecule has 0 aliphatic carbocycles. The molecule has 3 aromatic rings. The molecule has 4 heterocycles. The normalized spacial score (nSPS) is 17.1. The van der Waals surface area contributed by atoms with E-state index in [1.165, 1.54) is 29.0 Å². The lowest BCUT2D eigenvalue weighted by atomic mass is 10.2. The Morgan fingerprint density at radius 3 is 2.45 bits per heavy atom. The standard InChI is InChI=1S/C22H21F7N8O3/c1-11(34-13-8-33-35-19(39)16(13)22(27,28)29)10-40-14-2-3-30-18(17(14)23)37-5-4-36(9-15(37)38)20-31-6-12(7-32-20)21(24,25)26/h2-3,6-8,11,15,38H,4-5,9-10H2,1H3,(H2,34,35,39)/t11-,15-/m0/s1. The van der Waals surface area contributed by atoms with Crippen LogP contribution >= 0.6 is 0 Å². The molecule has 1 aliphatic heterocycles. The molecule has 1 saturated heterocycles. The number of nitrogens with one attached hydrogen (secondary N) is 2. The number of ether oxygens (including phenoxy) is 1. The number of aromatic amines is 1. The summed E-state index contributed by atoms with van der Waals surface area (Å²) in [5.74, 6) is -1.60. The fourth-order valence-corrected chi connectivity index (χ4v) is 3.86. The zero-order valence-electron chi connectivity index (χ0n) is 20.5. The number of pyridine rings is 1. The molecule has 0 spiro atoms. The number of H-pyrrole nitrogens is 1. The van der Waals surface area contributed by atoms with E-state index in [1.807, 2.05) is 0 Å². The number of aromatic nitrogens is 5. The highest BCUT2D eigenvalue weighted by atomic mass is 19.4. The maximum absolute atomic E-state index is 15.2. The minimum atomic E-state index is -4.95. The third kappa shape index (κ3) is 6.32. The predicted octanol–water partition coefficient (Wildman–Crippen LogP) is 2.66. The van der Waals surface area contributed by atoms with E-state index < -0.39 is 52.8 Å². The average Bonchev–Trinajstić information content (AvgIpc) is 2.87.